The lowest BCUT2D eigenvalue weighted by molar-refractivity contribution is -0.146. The predicted octanol–water partition coefficient (Wildman–Crippen LogP) is 15.8. The van der Waals surface area contributed by atoms with Gasteiger partial charge in [0.15, 0.2) is 0 Å². The molecule has 0 aliphatic carbocycles. The van der Waals surface area contributed by atoms with Crippen molar-refractivity contribution in [3.8, 4) is 0 Å². The van der Waals surface area contributed by atoms with Crippen LogP contribution in [-0.2, 0) is 23.9 Å². The number of unbranched alkanes of at least 4 members (excludes halogenated alkanes) is 21. The lowest BCUT2D eigenvalue weighted by atomic mass is 9.92. The number of hydrogen-bond donors (Lipinski definition) is 0. The summed E-state index contributed by atoms with van der Waals surface area (Å²) in [5.74, 6) is 1.45. The molecule has 7 nitrogen and oxygen atoms in total. The third-order valence-electron chi connectivity index (χ3n) is 13.2. The average Bonchev–Trinajstić information content (AvgIpc) is 3.26. The monoisotopic (exact) mass is 877 g/mol. The molecule has 0 fully saturated rings. The van der Waals surface area contributed by atoms with Gasteiger partial charge in [0.05, 0.1) is 13.2 Å². The zero-order chi connectivity index (χ0) is 45.7. The molecule has 368 valence electrons. The molecular weight excluding hydrogens is 769 g/mol. The van der Waals surface area contributed by atoms with Gasteiger partial charge in [-0.05, 0) is 96.7 Å². The Morgan fingerprint density at radius 2 is 0.710 bits per heavy atom. The Morgan fingerprint density at radius 1 is 0.371 bits per heavy atom. The lowest BCUT2D eigenvalue weighted by Gasteiger charge is -2.28. The van der Waals surface area contributed by atoms with Crippen molar-refractivity contribution in [3.05, 3.63) is 0 Å². The molecule has 0 saturated heterocycles. The molecule has 3 atom stereocenters. The van der Waals surface area contributed by atoms with E-state index < -0.39 is 0 Å². The van der Waals surface area contributed by atoms with Crippen LogP contribution in [0.1, 0.15) is 272 Å². The lowest BCUT2D eigenvalue weighted by Crippen LogP contribution is -2.38. The van der Waals surface area contributed by atoms with Gasteiger partial charge in [0.1, 0.15) is 0 Å². The first-order valence-electron chi connectivity index (χ1n) is 27.5. The molecule has 0 bridgehead atoms. The minimum absolute atomic E-state index is 0.0231. The average molecular weight is 877 g/mol. The Balaban J connectivity index is 5.03. The molecule has 62 heavy (non-hydrogen) atoms. The van der Waals surface area contributed by atoms with Gasteiger partial charge >= 0.3 is 11.9 Å². The minimum atomic E-state index is -0.0256. The summed E-state index contributed by atoms with van der Waals surface area (Å²) in [4.78, 5) is 44.0. The summed E-state index contributed by atoms with van der Waals surface area (Å²) in [6.45, 7) is 15.2. The summed E-state index contributed by atoms with van der Waals surface area (Å²) in [5, 5.41) is 0. The van der Waals surface area contributed by atoms with Crippen LogP contribution in [0.15, 0.2) is 0 Å². The molecule has 0 aliphatic heterocycles. The highest BCUT2D eigenvalue weighted by Crippen LogP contribution is 2.24. The molecular formula is C55H108N2O5. The molecule has 0 aliphatic rings. The first-order chi connectivity index (χ1) is 30.2. The van der Waals surface area contributed by atoms with Crippen LogP contribution in [0.25, 0.3) is 0 Å². The van der Waals surface area contributed by atoms with Crippen molar-refractivity contribution < 1.29 is 23.9 Å². The molecule has 0 aromatic carbocycles. The van der Waals surface area contributed by atoms with E-state index in [9.17, 15) is 14.4 Å². The van der Waals surface area contributed by atoms with Gasteiger partial charge < -0.3 is 19.3 Å². The fraction of sp³-hybridized carbons (Fsp3) is 0.945. The molecule has 0 rings (SSSR count). The van der Waals surface area contributed by atoms with E-state index in [0.29, 0.717) is 43.8 Å². The highest BCUT2D eigenvalue weighted by atomic mass is 16.5. The number of carbonyl (C=O) groups excluding carboxylic acids is 3. The van der Waals surface area contributed by atoms with Crippen LogP contribution in [0.5, 0.6) is 0 Å². The Morgan fingerprint density at radius 3 is 1.18 bits per heavy atom. The Kier molecular flexibility index (Phi) is 44.7. The van der Waals surface area contributed by atoms with Gasteiger partial charge in [-0.3, -0.25) is 14.4 Å². The second-order valence-electron chi connectivity index (χ2n) is 19.6. The van der Waals surface area contributed by atoms with E-state index in [1.165, 1.54) is 135 Å². The minimum Gasteiger partial charge on any atom is -0.465 e. The Hall–Kier alpha value is -1.63. The molecule has 1 amide bonds. The highest BCUT2D eigenvalue weighted by molar-refractivity contribution is 5.78. The van der Waals surface area contributed by atoms with Crippen molar-refractivity contribution in [3.63, 3.8) is 0 Å². The van der Waals surface area contributed by atoms with Crippen molar-refractivity contribution in [2.75, 3.05) is 46.9 Å². The SMILES string of the molecule is CCCCCCCCCN(CCCN(C)C)C(=O)C(CCCCCCCC(=O)OCC(CCCC)CCCCC)CCCCCCCC(=O)OCC(CCCC)CCCCCC. The van der Waals surface area contributed by atoms with Gasteiger partial charge in [-0.1, -0.05) is 195 Å². The van der Waals surface area contributed by atoms with Crippen LogP contribution < -0.4 is 0 Å². The third-order valence-corrected chi connectivity index (χ3v) is 13.2. The third kappa shape index (κ3) is 38.8. The molecule has 3 unspecified atom stereocenters. The number of esters is 2. The van der Waals surface area contributed by atoms with Crippen molar-refractivity contribution >= 4 is 17.8 Å². The number of ether oxygens (including phenoxy) is 2. The largest absolute Gasteiger partial charge is 0.465 e. The molecule has 0 aromatic rings. The van der Waals surface area contributed by atoms with Crippen molar-refractivity contribution in [2.24, 2.45) is 17.8 Å². The normalized spacial score (nSPS) is 13.0. The summed E-state index contributed by atoms with van der Waals surface area (Å²) in [6.07, 6.45) is 41.6. The fourth-order valence-corrected chi connectivity index (χ4v) is 8.92. The topological polar surface area (TPSA) is 76.2 Å². The van der Waals surface area contributed by atoms with Gasteiger partial charge in [0.2, 0.25) is 5.91 Å². The predicted molar refractivity (Wildman–Crippen MR) is 267 cm³/mol. The maximum Gasteiger partial charge on any atom is 0.305 e. The second kappa shape index (κ2) is 45.9. The van der Waals surface area contributed by atoms with Gasteiger partial charge in [-0.2, -0.15) is 0 Å². The van der Waals surface area contributed by atoms with E-state index in [1.807, 2.05) is 0 Å². The van der Waals surface area contributed by atoms with Crippen LogP contribution in [0.4, 0.5) is 0 Å². The zero-order valence-electron chi connectivity index (χ0n) is 42.9. The van der Waals surface area contributed by atoms with Crippen molar-refractivity contribution in [1.82, 2.24) is 9.80 Å². The van der Waals surface area contributed by atoms with Crippen molar-refractivity contribution in [2.45, 2.75) is 272 Å². The summed E-state index contributed by atoms with van der Waals surface area (Å²) in [5.41, 5.74) is 0. The Labute approximate surface area is 387 Å². The van der Waals surface area contributed by atoms with E-state index in [4.69, 9.17) is 9.47 Å². The number of hydrogen-bond acceptors (Lipinski definition) is 6. The summed E-state index contributed by atoms with van der Waals surface area (Å²) < 4.78 is 11.5. The maximum absolute atomic E-state index is 14.3. The molecule has 0 radical (unpaired) electrons. The van der Waals surface area contributed by atoms with Crippen LogP contribution in [0.3, 0.4) is 0 Å². The number of nitrogens with zero attached hydrogens (tertiary/aromatic N) is 2. The van der Waals surface area contributed by atoms with Crippen LogP contribution in [0, 0.1) is 17.8 Å². The molecule has 0 aromatic heterocycles. The molecule has 0 spiro atoms. The van der Waals surface area contributed by atoms with E-state index >= 15 is 0 Å². The maximum atomic E-state index is 14.3. The van der Waals surface area contributed by atoms with Crippen LogP contribution >= 0.6 is 0 Å². The molecule has 0 heterocycles. The second-order valence-corrected chi connectivity index (χ2v) is 19.6. The smallest absolute Gasteiger partial charge is 0.305 e. The first kappa shape index (κ1) is 60.4. The van der Waals surface area contributed by atoms with Gasteiger partial charge in [0.25, 0.3) is 0 Å². The summed E-state index contributed by atoms with van der Waals surface area (Å²) in [6, 6.07) is 0. The number of carbonyl (C=O) groups is 3. The zero-order valence-corrected chi connectivity index (χ0v) is 42.9. The quantitative estimate of drug-likeness (QED) is 0.0448. The molecule has 0 N–H and O–H groups in total. The van der Waals surface area contributed by atoms with Gasteiger partial charge in [0, 0.05) is 31.8 Å². The Bertz CT molecular complexity index is 989. The molecule has 0 saturated carbocycles. The fourth-order valence-electron chi connectivity index (χ4n) is 8.92. The highest BCUT2D eigenvalue weighted by Gasteiger charge is 2.24. The summed E-state index contributed by atoms with van der Waals surface area (Å²) in [7, 11) is 4.24. The first-order valence-corrected chi connectivity index (χ1v) is 27.5. The van der Waals surface area contributed by atoms with E-state index in [2.05, 4.69) is 58.5 Å². The molecule has 7 heteroatoms. The van der Waals surface area contributed by atoms with E-state index in [-0.39, 0.29) is 17.9 Å². The van der Waals surface area contributed by atoms with E-state index in [0.717, 1.165) is 110 Å². The number of amides is 1. The van der Waals surface area contributed by atoms with Crippen LogP contribution in [0.2, 0.25) is 0 Å². The standard InChI is InChI=1S/C55H108N2O5/c1-8-13-18-20-21-28-35-46-57(47-36-45-56(6)7)55(60)52(41-31-24-22-26-33-43-53(58)61-48-50(37-16-11-4)39-29-15-10-3)42-32-25-23-27-34-44-54(59)62-49-51(38-17-12-5)40-30-19-14-9-2/h50-52H,8-49H2,1-7H3. The summed E-state index contributed by atoms with van der Waals surface area (Å²) >= 11 is 0. The number of rotatable bonds is 48. The van der Waals surface area contributed by atoms with Crippen LogP contribution in [-0.4, -0.2) is 74.6 Å². The van der Waals surface area contributed by atoms with Gasteiger partial charge in [-0.25, -0.2) is 0 Å². The van der Waals surface area contributed by atoms with Crippen molar-refractivity contribution in [1.29, 1.82) is 0 Å². The van der Waals surface area contributed by atoms with E-state index in [1.54, 1.807) is 0 Å². The van der Waals surface area contributed by atoms with Gasteiger partial charge in [-0.15, -0.1) is 0 Å².